The van der Waals surface area contributed by atoms with Gasteiger partial charge in [0.2, 0.25) is 0 Å². The van der Waals surface area contributed by atoms with Crippen molar-refractivity contribution in [2.24, 2.45) is 5.92 Å². The Morgan fingerprint density at radius 1 is 0.971 bits per heavy atom. The van der Waals surface area contributed by atoms with Crippen LogP contribution in [0.3, 0.4) is 0 Å². The van der Waals surface area contributed by atoms with E-state index in [0.29, 0.717) is 18.5 Å². The molecule has 35 heavy (non-hydrogen) atoms. The second-order valence-corrected chi connectivity index (χ2v) is 9.93. The first-order valence-corrected chi connectivity index (χ1v) is 12.8. The molecule has 0 saturated carbocycles. The first-order chi connectivity index (χ1) is 17.1. The maximum absolute atomic E-state index is 12.6. The lowest BCUT2D eigenvalue weighted by atomic mass is 9.98. The SMILES string of the molecule is CC(C)c1noc(N2CCC(COc3ccc(-c4ccc(C(=O)N5CCCC5)cc4)cc3)CC2)n1. The molecule has 0 aliphatic carbocycles. The van der Waals surface area contributed by atoms with Gasteiger partial charge in [-0.3, -0.25) is 4.79 Å². The first kappa shape index (κ1) is 23.4. The predicted molar refractivity (Wildman–Crippen MR) is 136 cm³/mol. The lowest BCUT2D eigenvalue weighted by Gasteiger charge is -2.30. The van der Waals surface area contributed by atoms with E-state index in [0.717, 1.165) is 80.1 Å². The summed E-state index contributed by atoms with van der Waals surface area (Å²) >= 11 is 0. The van der Waals surface area contributed by atoms with Crippen molar-refractivity contribution in [3.05, 3.63) is 59.9 Å². The second kappa shape index (κ2) is 10.5. The Kier molecular flexibility index (Phi) is 7.02. The van der Waals surface area contributed by atoms with Gasteiger partial charge in [-0.1, -0.05) is 43.3 Å². The topological polar surface area (TPSA) is 71.7 Å². The van der Waals surface area contributed by atoms with Gasteiger partial charge in [-0.25, -0.2) is 0 Å². The lowest BCUT2D eigenvalue weighted by Crippen LogP contribution is -2.35. The molecule has 0 radical (unpaired) electrons. The van der Waals surface area contributed by atoms with Crippen LogP contribution in [-0.4, -0.2) is 53.7 Å². The molecule has 2 aliphatic heterocycles. The molecule has 2 aromatic carbocycles. The summed E-state index contributed by atoms with van der Waals surface area (Å²) in [4.78, 5) is 21.2. The average Bonchev–Trinajstić information content (AvgIpc) is 3.61. The normalized spacial score (nSPS) is 16.8. The molecule has 0 bridgehead atoms. The van der Waals surface area contributed by atoms with Crippen molar-refractivity contribution in [1.29, 1.82) is 0 Å². The summed E-state index contributed by atoms with van der Waals surface area (Å²) in [5, 5.41) is 4.07. The zero-order valence-electron chi connectivity index (χ0n) is 20.7. The number of aromatic nitrogens is 2. The maximum atomic E-state index is 12.6. The third-order valence-electron chi connectivity index (χ3n) is 7.03. The Bertz CT molecular complexity index is 1110. The number of likely N-dealkylation sites (tertiary alicyclic amines) is 1. The van der Waals surface area contributed by atoms with Crippen molar-refractivity contribution in [3.63, 3.8) is 0 Å². The molecule has 2 saturated heterocycles. The Balaban J connectivity index is 1.10. The summed E-state index contributed by atoms with van der Waals surface area (Å²) in [6.45, 7) is 8.41. The van der Waals surface area contributed by atoms with Crippen LogP contribution >= 0.6 is 0 Å². The molecule has 1 amide bonds. The summed E-state index contributed by atoms with van der Waals surface area (Å²) in [7, 11) is 0. The van der Waals surface area contributed by atoms with E-state index in [1.54, 1.807) is 0 Å². The minimum atomic E-state index is 0.140. The number of hydrogen-bond donors (Lipinski definition) is 0. The van der Waals surface area contributed by atoms with Gasteiger partial charge in [0.25, 0.3) is 5.91 Å². The number of piperidine rings is 1. The monoisotopic (exact) mass is 474 g/mol. The second-order valence-electron chi connectivity index (χ2n) is 9.93. The molecule has 3 heterocycles. The number of amides is 1. The summed E-state index contributed by atoms with van der Waals surface area (Å²) in [5.74, 6) is 2.57. The fourth-order valence-electron chi connectivity index (χ4n) is 4.75. The van der Waals surface area contributed by atoms with E-state index in [1.807, 2.05) is 41.3 Å². The van der Waals surface area contributed by atoms with Crippen molar-refractivity contribution >= 4 is 11.9 Å². The van der Waals surface area contributed by atoms with Crippen LogP contribution < -0.4 is 9.64 Å². The van der Waals surface area contributed by atoms with E-state index in [2.05, 4.69) is 41.0 Å². The summed E-state index contributed by atoms with van der Waals surface area (Å²) in [5.41, 5.74) is 2.98. The maximum Gasteiger partial charge on any atom is 0.324 e. The zero-order valence-corrected chi connectivity index (χ0v) is 20.7. The molecule has 2 fully saturated rings. The molecule has 0 unspecified atom stereocenters. The average molecular weight is 475 g/mol. The molecule has 7 nitrogen and oxygen atoms in total. The van der Waals surface area contributed by atoms with E-state index in [9.17, 15) is 4.79 Å². The van der Waals surface area contributed by atoms with Crippen LogP contribution in [0.25, 0.3) is 11.1 Å². The van der Waals surface area contributed by atoms with Gasteiger partial charge in [0.05, 0.1) is 6.61 Å². The number of hydrogen-bond acceptors (Lipinski definition) is 6. The molecule has 0 spiro atoms. The summed E-state index contributed by atoms with van der Waals surface area (Å²) < 4.78 is 11.5. The van der Waals surface area contributed by atoms with Crippen LogP contribution in [0.15, 0.2) is 53.1 Å². The number of carbonyl (C=O) groups is 1. The van der Waals surface area contributed by atoms with Crippen molar-refractivity contribution < 1.29 is 14.1 Å². The number of anilines is 1. The minimum Gasteiger partial charge on any atom is -0.493 e. The highest BCUT2D eigenvalue weighted by atomic mass is 16.5. The van der Waals surface area contributed by atoms with E-state index in [4.69, 9.17) is 9.26 Å². The lowest BCUT2D eigenvalue weighted by molar-refractivity contribution is 0.0793. The van der Waals surface area contributed by atoms with Gasteiger partial charge in [-0.15, -0.1) is 0 Å². The van der Waals surface area contributed by atoms with Gasteiger partial charge in [0.1, 0.15) is 5.75 Å². The van der Waals surface area contributed by atoms with Crippen LogP contribution in [0, 0.1) is 5.92 Å². The van der Waals surface area contributed by atoms with Gasteiger partial charge in [0, 0.05) is 37.7 Å². The zero-order chi connectivity index (χ0) is 24.2. The molecule has 0 N–H and O–H groups in total. The number of rotatable bonds is 7. The molecule has 7 heteroatoms. The van der Waals surface area contributed by atoms with Crippen LogP contribution in [0.1, 0.15) is 61.6 Å². The van der Waals surface area contributed by atoms with Crippen molar-refractivity contribution in [1.82, 2.24) is 15.0 Å². The number of benzene rings is 2. The van der Waals surface area contributed by atoms with Gasteiger partial charge in [0.15, 0.2) is 5.82 Å². The third kappa shape index (κ3) is 5.50. The van der Waals surface area contributed by atoms with Crippen molar-refractivity contribution in [2.45, 2.75) is 45.4 Å². The van der Waals surface area contributed by atoms with Crippen molar-refractivity contribution in [3.8, 4) is 16.9 Å². The standard InChI is InChI=1S/C28H34N4O3/c1-20(2)26-29-28(35-30-26)32-17-13-21(14-18-32)19-34-25-11-9-23(10-12-25)22-5-7-24(8-6-22)27(33)31-15-3-4-16-31/h5-12,20-21H,3-4,13-19H2,1-2H3. The third-order valence-corrected chi connectivity index (χ3v) is 7.03. The van der Waals surface area contributed by atoms with Crippen LogP contribution in [0.5, 0.6) is 5.75 Å². The van der Waals surface area contributed by atoms with Gasteiger partial charge in [-0.05, 0) is 67.0 Å². The fourth-order valence-corrected chi connectivity index (χ4v) is 4.75. The number of nitrogens with zero attached hydrogens (tertiary/aromatic N) is 4. The largest absolute Gasteiger partial charge is 0.493 e. The van der Waals surface area contributed by atoms with E-state index in [1.165, 1.54) is 0 Å². The molecule has 5 rings (SSSR count). The highest BCUT2D eigenvalue weighted by Gasteiger charge is 2.24. The highest BCUT2D eigenvalue weighted by molar-refractivity contribution is 5.94. The Morgan fingerprint density at radius 2 is 1.60 bits per heavy atom. The quantitative estimate of drug-likeness (QED) is 0.457. The first-order valence-electron chi connectivity index (χ1n) is 12.8. The fraction of sp³-hybridized carbons (Fsp3) is 0.464. The minimum absolute atomic E-state index is 0.140. The Hall–Kier alpha value is -3.35. The van der Waals surface area contributed by atoms with E-state index >= 15 is 0 Å². The highest BCUT2D eigenvalue weighted by Crippen LogP contribution is 2.26. The van der Waals surface area contributed by atoms with Gasteiger partial charge >= 0.3 is 6.01 Å². The smallest absolute Gasteiger partial charge is 0.324 e. The molecule has 3 aromatic rings. The Labute approximate surface area is 207 Å². The molecule has 184 valence electrons. The molecular weight excluding hydrogens is 440 g/mol. The molecule has 1 aromatic heterocycles. The Morgan fingerprint density at radius 3 is 2.20 bits per heavy atom. The summed E-state index contributed by atoms with van der Waals surface area (Å²) in [6, 6.07) is 16.8. The van der Waals surface area contributed by atoms with Crippen LogP contribution in [0.4, 0.5) is 6.01 Å². The van der Waals surface area contributed by atoms with Gasteiger partial charge < -0.3 is 19.1 Å². The molecule has 0 atom stereocenters. The van der Waals surface area contributed by atoms with Crippen LogP contribution in [0.2, 0.25) is 0 Å². The summed E-state index contributed by atoms with van der Waals surface area (Å²) in [6.07, 6.45) is 4.30. The van der Waals surface area contributed by atoms with E-state index < -0.39 is 0 Å². The number of carbonyl (C=O) groups excluding carboxylic acids is 1. The molecule has 2 aliphatic rings. The van der Waals surface area contributed by atoms with E-state index in [-0.39, 0.29) is 11.8 Å². The van der Waals surface area contributed by atoms with Crippen LogP contribution in [-0.2, 0) is 0 Å². The molecular formula is C28H34N4O3. The predicted octanol–water partition coefficient (Wildman–Crippen LogP) is 5.39. The number of ether oxygens (including phenoxy) is 1. The van der Waals surface area contributed by atoms with Crippen molar-refractivity contribution in [2.75, 3.05) is 37.7 Å². The van der Waals surface area contributed by atoms with Gasteiger partial charge in [-0.2, -0.15) is 4.98 Å².